The summed E-state index contributed by atoms with van der Waals surface area (Å²) in [7, 11) is 0. The van der Waals surface area contributed by atoms with Crippen molar-refractivity contribution in [2.75, 3.05) is 13.1 Å². The van der Waals surface area contributed by atoms with Gasteiger partial charge in [0.05, 0.1) is 18.4 Å². The summed E-state index contributed by atoms with van der Waals surface area (Å²) in [6, 6.07) is 1.53. The van der Waals surface area contributed by atoms with E-state index in [1.165, 1.54) is 12.3 Å². The van der Waals surface area contributed by atoms with E-state index in [-0.39, 0.29) is 23.4 Å². The lowest BCUT2D eigenvalue weighted by molar-refractivity contribution is -0.0710. The van der Waals surface area contributed by atoms with Crippen molar-refractivity contribution in [3.63, 3.8) is 0 Å². The van der Waals surface area contributed by atoms with Gasteiger partial charge in [0, 0.05) is 37.9 Å². The Hall–Kier alpha value is -1.33. The van der Waals surface area contributed by atoms with E-state index in [1.807, 2.05) is 11.5 Å². The van der Waals surface area contributed by atoms with Crippen molar-refractivity contribution in [1.29, 1.82) is 0 Å². The number of aromatic hydroxyl groups is 1. The van der Waals surface area contributed by atoms with Crippen molar-refractivity contribution in [3.8, 4) is 5.75 Å². The highest BCUT2D eigenvalue weighted by Crippen LogP contribution is 2.14. The first-order valence-electron chi connectivity index (χ1n) is 6.79. The average Bonchev–Trinajstić information content (AvgIpc) is 2.32. The van der Waals surface area contributed by atoms with Gasteiger partial charge in [0.2, 0.25) is 5.43 Å². The number of rotatable bonds is 3. The summed E-state index contributed by atoms with van der Waals surface area (Å²) in [5, 5.41) is 9.48. The van der Waals surface area contributed by atoms with Gasteiger partial charge in [-0.05, 0) is 20.8 Å². The Morgan fingerprint density at radius 1 is 1.37 bits per heavy atom. The van der Waals surface area contributed by atoms with Crippen LogP contribution in [-0.4, -0.2) is 39.9 Å². The molecule has 106 valence electrons. The Morgan fingerprint density at radius 2 is 2.00 bits per heavy atom. The average molecular weight is 266 g/mol. The molecular weight excluding hydrogens is 244 g/mol. The number of hydrogen-bond donors (Lipinski definition) is 1. The molecule has 1 aromatic rings. The zero-order chi connectivity index (χ0) is 14.0. The zero-order valence-corrected chi connectivity index (χ0v) is 11.8. The molecule has 1 aromatic heterocycles. The topological polar surface area (TPSA) is 54.7 Å². The second-order valence-corrected chi connectivity index (χ2v) is 5.25. The fraction of sp³-hybridized carbons (Fsp3) is 0.643. The predicted octanol–water partition coefficient (Wildman–Crippen LogP) is 1.18. The van der Waals surface area contributed by atoms with Crippen LogP contribution in [0.4, 0.5) is 0 Å². The molecule has 0 saturated carbocycles. The molecule has 2 heterocycles. The number of hydrogen-bond acceptors (Lipinski definition) is 4. The van der Waals surface area contributed by atoms with Crippen LogP contribution in [0.5, 0.6) is 5.75 Å². The summed E-state index contributed by atoms with van der Waals surface area (Å²) in [6.45, 7) is 9.29. The molecule has 19 heavy (non-hydrogen) atoms. The van der Waals surface area contributed by atoms with E-state index < -0.39 is 0 Å². The van der Waals surface area contributed by atoms with Crippen molar-refractivity contribution in [2.24, 2.45) is 0 Å². The van der Waals surface area contributed by atoms with E-state index in [0.717, 1.165) is 25.3 Å². The van der Waals surface area contributed by atoms with Gasteiger partial charge in [0.25, 0.3) is 0 Å². The van der Waals surface area contributed by atoms with E-state index in [2.05, 4.69) is 18.7 Å². The summed E-state index contributed by atoms with van der Waals surface area (Å²) >= 11 is 0. The zero-order valence-electron chi connectivity index (χ0n) is 11.8. The highest BCUT2D eigenvalue weighted by Gasteiger charge is 2.22. The molecule has 0 bridgehead atoms. The number of morpholine rings is 1. The standard InChI is InChI=1S/C14H22N2O3/c1-4-16-9-14(18)13(17)5-12(16)8-15-6-10(2)19-11(3)7-15/h5,9-11,18H,4,6-8H2,1-3H3. The highest BCUT2D eigenvalue weighted by atomic mass is 16.5. The van der Waals surface area contributed by atoms with E-state index >= 15 is 0 Å². The Labute approximate surface area is 113 Å². The minimum Gasteiger partial charge on any atom is -0.503 e. The van der Waals surface area contributed by atoms with Gasteiger partial charge in [-0.15, -0.1) is 0 Å². The maximum atomic E-state index is 11.6. The van der Waals surface area contributed by atoms with Gasteiger partial charge < -0.3 is 14.4 Å². The van der Waals surface area contributed by atoms with E-state index in [9.17, 15) is 9.90 Å². The first-order valence-corrected chi connectivity index (χ1v) is 6.79. The SMILES string of the molecule is CCn1cc(O)c(=O)cc1CN1CC(C)OC(C)C1. The van der Waals surface area contributed by atoms with Crippen LogP contribution in [0, 0.1) is 0 Å². The van der Waals surface area contributed by atoms with Crippen LogP contribution in [0.15, 0.2) is 17.1 Å². The van der Waals surface area contributed by atoms with Gasteiger partial charge in [-0.2, -0.15) is 0 Å². The molecule has 1 N–H and O–H groups in total. The summed E-state index contributed by atoms with van der Waals surface area (Å²) < 4.78 is 7.62. The fourth-order valence-corrected chi connectivity index (χ4v) is 2.68. The largest absolute Gasteiger partial charge is 0.503 e. The molecule has 0 amide bonds. The summed E-state index contributed by atoms with van der Waals surface area (Å²) in [4.78, 5) is 13.9. The Kier molecular flexibility index (Phi) is 4.27. The quantitative estimate of drug-likeness (QED) is 0.892. The lowest BCUT2D eigenvalue weighted by Crippen LogP contribution is -2.45. The molecule has 1 saturated heterocycles. The molecule has 0 spiro atoms. The smallest absolute Gasteiger partial charge is 0.223 e. The van der Waals surface area contributed by atoms with Crippen molar-refractivity contribution < 1.29 is 9.84 Å². The highest BCUT2D eigenvalue weighted by molar-refractivity contribution is 5.20. The second kappa shape index (κ2) is 5.75. The van der Waals surface area contributed by atoms with E-state index in [0.29, 0.717) is 6.54 Å². The number of aryl methyl sites for hydroxylation is 1. The fourth-order valence-electron chi connectivity index (χ4n) is 2.68. The molecule has 1 fully saturated rings. The van der Waals surface area contributed by atoms with Gasteiger partial charge >= 0.3 is 0 Å². The molecule has 0 aliphatic carbocycles. The first-order chi connectivity index (χ1) is 8.99. The lowest BCUT2D eigenvalue weighted by Gasteiger charge is -2.35. The molecule has 2 atom stereocenters. The molecule has 0 aromatic carbocycles. The van der Waals surface area contributed by atoms with Gasteiger partial charge in [0.1, 0.15) is 0 Å². The second-order valence-electron chi connectivity index (χ2n) is 5.25. The van der Waals surface area contributed by atoms with Crippen LogP contribution in [0.1, 0.15) is 26.5 Å². The minimum absolute atomic E-state index is 0.186. The summed E-state index contributed by atoms with van der Waals surface area (Å²) in [5.41, 5.74) is 0.626. The van der Waals surface area contributed by atoms with Crippen LogP contribution in [-0.2, 0) is 17.8 Å². The van der Waals surface area contributed by atoms with Crippen molar-refractivity contribution in [1.82, 2.24) is 9.47 Å². The maximum absolute atomic E-state index is 11.6. The minimum atomic E-state index is -0.311. The van der Waals surface area contributed by atoms with Gasteiger partial charge in [-0.1, -0.05) is 0 Å². The van der Waals surface area contributed by atoms with Gasteiger partial charge in [-0.25, -0.2) is 0 Å². The third kappa shape index (κ3) is 3.36. The Bertz CT molecular complexity index is 488. The van der Waals surface area contributed by atoms with Crippen LogP contribution in [0.3, 0.4) is 0 Å². The molecule has 2 unspecified atom stereocenters. The lowest BCUT2D eigenvalue weighted by atomic mass is 10.2. The number of nitrogens with zero attached hydrogens (tertiary/aromatic N) is 2. The summed E-state index contributed by atoms with van der Waals surface area (Å²) in [6.07, 6.45) is 1.94. The Balaban J connectivity index is 2.18. The molecule has 2 rings (SSSR count). The van der Waals surface area contributed by atoms with Crippen LogP contribution in [0.2, 0.25) is 0 Å². The first kappa shape index (κ1) is 14.1. The molecule has 0 radical (unpaired) electrons. The molecule has 5 nitrogen and oxygen atoms in total. The normalized spacial score (nSPS) is 24.6. The van der Waals surface area contributed by atoms with Gasteiger partial charge in [-0.3, -0.25) is 9.69 Å². The maximum Gasteiger partial charge on any atom is 0.223 e. The van der Waals surface area contributed by atoms with Crippen LogP contribution >= 0.6 is 0 Å². The third-order valence-electron chi connectivity index (χ3n) is 3.42. The molecule has 1 aliphatic heterocycles. The molecule has 1 aliphatic rings. The van der Waals surface area contributed by atoms with Crippen molar-refractivity contribution >= 4 is 0 Å². The van der Waals surface area contributed by atoms with Crippen LogP contribution < -0.4 is 5.43 Å². The summed E-state index contributed by atoms with van der Waals surface area (Å²) in [5.74, 6) is -0.186. The van der Waals surface area contributed by atoms with Crippen LogP contribution in [0.25, 0.3) is 0 Å². The third-order valence-corrected chi connectivity index (χ3v) is 3.42. The predicted molar refractivity (Wildman–Crippen MR) is 73.3 cm³/mol. The molecular formula is C14H22N2O3. The molecule has 5 heteroatoms. The Morgan fingerprint density at radius 3 is 2.58 bits per heavy atom. The van der Waals surface area contributed by atoms with Crippen molar-refractivity contribution in [2.45, 2.75) is 46.1 Å². The number of aromatic nitrogens is 1. The number of ether oxygens (including phenoxy) is 1. The van der Waals surface area contributed by atoms with E-state index in [4.69, 9.17) is 4.74 Å². The van der Waals surface area contributed by atoms with Gasteiger partial charge in [0.15, 0.2) is 5.75 Å². The number of pyridine rings is 1. The van der Waals surface area contributed by atoms with E-state index in [1.54, 1.807) is 0 Å². The van der Waals surface area contributed by atoms with Crippen molar-refractivity contribution in [3.05, 3.63) is 28.2 Å². The monoisotopic (exact) mass is 266 g/mol.